The molecule has 2 heterocycles. The summed E-state index contributed by atoms with van der Waals surface area (Å²) in [7, 11) is -3.81. The number of nitrogens with zero attached hydrogens (tertiary/aromatic N) is 3. The number of sulfonamides is 1. The quantitative estimate of drug-likeness (QED) is 0.503. The van der Waals surface area contributed by atoms with Crippen molar-refractivity contribution in [2.75, 3.05) is 6.54 Å². The first-order valence-corrected chi connectivity index (χ1v) is 12.9. The van der Waals surface area contributed by atoms with E-state index in [9.17, 15) is 13.2 Å². The van der Waals surface area contributed by atoms with Crippen LogP contribution in [0.3, 0.4) is 0 Å². The van der Waals surface area contributed by atoms with Crippen LogP contribution in [0.15, 0.2) is 56.8 Å². The number of carbonyl (C=O) groups excluding carboxylic acids is 1. The van der Waals surface area contributed by atoms with E-state index in [2.05, 4.69) is 20.9 Å². The number of para-hydroxylation sites is 1. The Bertz CT molecular complexity index is 1280. The predicted octanol–water partition coefficient (Wildman–Crippen LogP) is 4.42. The summed E-state index contributed by atoms with van der Waals surface area (Å²) < 4.78 is 31.4. The summed E-state index contributed by atoms with van der Waals surface area (Å²) in [4.78, 5) is 18.1. The summed E-state index contributed by atoms with van der Waals surface area (Å²) in [5.74, 6) is -0.435. The van der Waals surface area contributed by atoms with Crippen molar-refractivity contribution < 1.29 is 13.2 Å². The lowest BCUT2D eigenvalue weighted by Gasteiger charge is -2.21. The molecular weight excluding hydrogens is 510 g/mol. The van der Waals surface area contributed by atoms with Gasteiger partial charge < -0.3 is 4.57 Å². The van der Waals surface area contributed by atoms with E-state index in [-0.39, 0.29) is 4.90 Å². The molecule has 1 aromatic heterocycles. The largest absolute Gasteiger partial charge is 0.316 e. The minimum absolute atomic E-state index is 0.126. The maximum atomic E-state index is 13.1. The SMILES string of the molecule is CCn1c(=NC(=O)C2CCCN2S(=O)(=O)c2ccc(Cl)cc2)sc2cccc(Br)c21. The third-order valence-electron chi connectivity index (χ3n) is 5.08. The van der Waals surface area contributed by atoms with Crippen molar-refractivity contribution in [3.8, 4) is 0 Å². The van der Waals surface area contributed by atoms with Gasteiger partial charge in [0.25, 0.3) is 5.91 Å². The molecule has 0 saturated carbocycles. The van der Waals surface area contributed by atoms with Crippen molar-refractivity contribution in [2.45, 2.75) is 37.2 Å². The summed E-state index contributed by atoms with van der Waals surface area (Å²) in [6.07, 6.45) is 1.07. The fraction of sp³-hybridized carbons (Fsp3) is 0.300. The van der Waals surface area contributed by atoms with Gasteiger partial charge in [-0.2, -0.15) is 9.30 Å². The lowest BCUT2D eigenvalue weighted by atomic mass is 10.2. The van der Waals surface area contributed by atoms with Crippen LogP contribution in [-0.2, 0) is 21.4 Å². The number of carbonyl (C=O) groups is 1. The molecule has 4 rings (SSSR count). The molecule has 158 valence electrons. The van der Waals surface area contributed by atoms with Crippen molar-refractivity contribution in [2.24, 2.45) is 4.99 Å². The van der Waals surface area contributed by atoms with Crippen LogP contribution < -0.4 is 4.80 Å². The molecule has 30 heavy (non-hydrogen) atoms. The smallest absolute Gasteiger partial charge is 0.266 e. The molecule has 3 aromatic rings. The minimum Gasteiger partial charge on any atom is -0.316 e. The summed E-state index contributed by atoms with van der Waals surface area (Å²) in [6.45, 7) is 2.93. The zero-order chi connectivity index (χ0) is 21.5. The second kappa shape index (κ2) is 8.55. The van der Waals surface area contributed by atoms with E-state index in [1.807, 2.05) is 29.7 Å². The minimum atomic E-state index is -3.81. The molecule has 10 heteroatoms. The Kier molecular flexibility index (Phi) is 6.18. The molecule has 1 amide bonds. The molecule has 0 N–H and O–H groups in total. The highest BCUT2D eigenvalue weighted by molar-refractivity contribution is 9.10. The first-order valence-electron chi connectivity index (χ1n) is 9.46. The summed E-state index contributed by atoms with van der Waals surface area (Å²) in [5, 5.41) is 0.457. The second-order valence-corrected chi connectivity index (χ2v) is 11.1. The fourth-order valence-corrected chi connectivity index (χ4v) is 7.27. The van der Waals surface area contributed by atoms with Crippen LogP contribution in [-0.4, -0.2) is 35.8 Å². The van der Waals surface area contributed by atoms with Crippen LogP contribution in [0.2, 0.25) is 5.02 Å². The Labute approximate surface area is 192 Å². The van der Waals surface area contributed by atoms with Gasteiger partial charge in [-0.3, -0.25) is 4.79 Å². The van der Waals surface area contributed by atoms with Crippen LogP contribution in [0.4, 0.5) is 0 Å². The zero-order valence-corrected chi connectivity index (χ0v) is 20.1. The van der Waals surface area contributed by atoms with Gasteiger partial charge in [0, 0.05) is 22.6 Å². The predicted molar refractivity (Wildman–Crippen MR) is 122 cm³/mol. The Morgan fingerprint density at radius 2 is 2.00 bits per heavy atom. The van der Waals surface area contributed by atoms with E-state index >= 15 is 0 Å². The van der Waals surface area contributed by atoms with Gasteiger partial charge in [0.1, 0.15) is 6.04 Å². The lowest BCUT2D eigenvalue weighted by Crippen LogP contribution is -2.40. The maximum absolute atomic E-state index is 13.1. The Morgan fingerprint density at radius 1 is 1.27 bits per heavy atom. The van der Waals surface area contributed by atoms with Gasteiger partial charge >= 0.3 is 0 Å². The van der Waals surface area contributed by atoms with Gasteiger partial charge in [0.15, 0.2) is 4.80 Å². The number of benzene rings is 2. The first kappa shape index (κ1) is 21.7. The number of halogens is 2. The number of amides is 1. The third-order valence-corrected chi connectivity index (χ3v) is 8.94. The molecule has 2 aromatic carbocycles. The standard InChI is InChI=1S/C20H19BrClN3O3S2/c1-2-24-18-15(21)5-3-7-17(18)29-20(24)23-19(26)16-6-4-12-25(16)30(27,28)14-10-8-13(22)9-11-14/h3,5,7-11,16H,2,4,6,12H2,1H3. The fourth-order valence-electron chi connectivity index (χ4n) is 3.65. The first-order chi connectivity index (χ1) is 14.3. The normalized spacial score (nSPS) is 18.4. The maximum Gasteiger partial charge on any atom is 0.266 e. The van der Waals surface area contributed by atoms with Gasteiger partial charge in [0.2, 0.25) is 10.0 Å². The van der Waals surface area contributed by atoms with Crippen LogP contribution in [0.5, 0.6) is 0 Å². The number of hydrogen-bond acceptors (Lipinski definition) is 4. The summed E-state index contributed by atoms with van der Waals surface area (Å²) in [6, 6.07) is 11.1. The van der Waals surface area contributed by atoms with Crippen molar-refractivity contribution in [1.29, 1.82) is 0 Å². The lowest BCUT2D eigenvalue weighted by molar-refractivity contribution is -0.121. The molecule has 1 fully saturated rings. The molecule has 1 saturated heterocycles. The van der Waals surface area contributed by atoms with Gasteiger partial charge in [-0.1, -0.05) is 29.0 Å². The number of aromatic nitrogens is 1. The van der Waals surface area contributed by atoms with E-state index in [4.69, 9.17) is 11.6 Å². The average molecular weight is 529 g/mol. The van der Waals surface area contributed by atoms with Gasteiger partial charge in [-0.25, -0.2) is 8.42 Å². The number of hydrogen-bond donors (Lipinski definition) is 0. The Morgan fingerprint density at radius 3 is 2.70 bits per heavy atom. The topological polar surface area (TPSA) is 71.7 Å². The number of rotatable bonds is 4. The number of thiazole rings is 1. The molecule has 1 unspecified atom stereocenters. The average Bonchev–Trinajstić information content (AvgIpc) is 3.34. The zero-order valence-electron chi connectivity index (χ0n) is 16.1. The van der Waals surface area contributed by atoms with Crippen molar-refractivity contribution in [1.82, 2.24) is 8.87 Å². The second-order valence-electron chi connectivity index (χ2n) is 6.89. The van der Waals surface area contributed by atoms with E-state index in [0.717, 1.165) is 14.7 Å². The van der Waals surface area contributed by atoms with E-state index < -0.39 is 22.0 Å². The molecule has 0 spiro atoms. The molecule has 6 nitrogen and oxygen atoms in total. The van der Waals surface area contributed by atoms with Crippen LogP contribution in [0.25, 0.3) is 10.2 Å². The van der Waals surface area contributed by atoms with Gasteiger partial charge in [-0.05, 0) is 72.1 Å². The molecule has 1 atom stereocenters. The van der Waals surface area contributed by atoms with Crippen molar-refractivity contribution >= 4 is 65.0 Å². The third kappa shape index (κ3) is 3.89. The Hall–Kier alpha value is -1.52. The molecule has 1 aliphatic heterocycles. The number of aryl methyl sites for hydroxylation is 1. The van der Waals surface area contributed by atoms with E-state index in [1.165, 1.54) is 39.9 Å². The van der Waals surface area contributed by atoms with Crippen molar-refractivity contribution in [3.05, 3.63) is 56.8 Å². The van der Waals surface area contributed by atoms with Crippen LogP contribution in [0, 0.1) is 0 Å². The summed E-state index contributed by atoms with van der Waals surface area (Å²) in [5.41, 5.74) is 0.980. The van der Waals surface area contributed by atoms with Crippen LogP contribution in [0.1, 0.15) is 19.8 Å². The molecular formula is C20H19BrClN3O3S2. The molecule has 1 aliphatic rings. The highest BCUT2D eigenvalue weighted by atomic mass is 79.9. The highest BCUT2D eigenvalue weighted by Crippen LogP contribution is 2.28. The van der Waals surface area contributed by atoms with E-state index in [1.54, 1.807) is 0 Å². The summed E-state index contributed by atoms with van der Waals surface area (Å²) >= 11 is 10.9. The highest BCUT2D eigenvalue weighted by Gasteiger charge is 2.39. The molecule has 0 bridgehead atoms. The van der Waals surface area contributed by atoms with Crippen molar-refractivity contribution in [3.63, 3.8) is 0 Å². The molecule has 0 radical (unpaired) electrons. The monoisotopic (exact) mass is 527 g/mol. The van der Waals surface area contributed by atoms with Gasteiger partial charge in [-0.15, -0.1) is 0 Å². The number of fused-ring (bicyclic) bond motifs is 1. The Balaban J connectivity index is 1.72. The van der Waals surface area contributed by atoms with Crippen LogP contribution >= 0.6 is 38.9 Å². The van der Waals surface area contributed by atoms with Gasteiger partial charge in [0.05, 0.1) is 15.1 Å². The van der Waals surface area contributed by atoms with E-state index in [0.29, 0.717) is 35.8 Å². The molecule has 0 aliphatic carbocycles.